The standard InChI is InChI=1S/C13H5BrCl6/c14-4-5-3-6(15)1-2-7(5)8-9(16)11(18)13(20)12(19)10(8)17/h1-3H,4H2. The molecule has 0 N–H and O–H groups in total. The third-order valence-corrected chi connectivity index (χ3v) is 5.81. The summed E-state index contributed by atoms with van der Waals surface area (Å²) >= 11 is 40.1. The van der Waals surface area contributed by atoms with Gasteiger partial charge in [-0.15, -0.1) is 0 Å². The summed E-state index contributed by atoms with van der Waals surface area (Å²) in [6, 6.07) is 5.37. The van der Waals surface area contributed by atoms with E-state index in [2.05, 4.69) is 15.9 Å². The fourth-order valence-electron chi connectivity index (χ4n) is 1.76. The monoisotopic (exact) mass is 450 g/mol. The average Bonchev–Trinajstić information content (AvgIpc) is 2.44. The van der Waals surface area contributed by atoms with Gasteiger partial charge in [0.2, 0.25) is 0 Å². The second-order valence-electron chi connectivity index (χ2n) is 3.88. The molecule has 0 spiro atoms. The molecule has 106 valence electrons. The van der Waals surface area contributed by atoms with Crippen molar-refractivity contribution < 1.29 is 0 Å². The Balaban J connectivity index is 2.83. The number of hydrogen-bond acceptors (Lipinski definition) is 0. The van der Waals surface area contributed by atoms with Gasteiger partial charge in [-0.2, -0.15) is 0 Å². The molecule has 0 heterocycles. The van der Waals surface area contributed by atoms with Crippen molar-refractivity contribution in [1.82, 2.24) is 0 Å². The van der Waals surface area contributed by atoms with Crippen molar-refractivity contribution in [3.8, 4) is 11.1 Å². The summed E-state index contributed by atoms with van der Waals surface area (Å²) in [5, 5.41) is 2.20. The summed E-state index contributed by atoms with van der Waals surface area (Å²) in [7, 11) is 0. The van der Waals surface area contributed by atoms with Crippen LogP contribution in [-0.4, -0.2) is 0 Å². The average molecular weight is 454 g/mol. The first-order chi connectivity index (χ1) is 9.38. The summed E-state index contributed by atoms with van der Waals surface area (Å²) in [5.41, 5.74) is 2.25. The molecule has 0 radical (unpaired) electrons. The zero-order valence-corrected chi connectivity index (χ0v) is 15.7. The van der Waals surface area contributed by atoms with E-state index in [1.165, 1.54) is 0 Å². The van der Waals surface area contributed by atoms with Gasteiger partial charge < -0.3 is 0 Å². The summed E-state index contributed by atoms with van der Waals surface area (Å²) in [4.78, 5) is 0. The minimum absolute atomic E-state index is 0.140. The van der Waals surface area contributed by atoms with Crippen LogP contribution in [0.1, 0.15) is 5.56 Å². The van der Waals surface area contributed by atoms with Crippen molar-refractivity contribution in [2.24, 2.45) is 0 Å². The van der Waals surface area contributed by atoms with Crippen LogP contribution in [0.5, 0.6) is 0 Å². The Morgan fingerprint density at radius 1 is 0.750 bits per heavy atom. The van der Waals surface area contributed by atoms with Gasteiger partial charge in [-0.3, -0.25) is 0 Å². The predicted molar refractivity (Wildman–Crippen MR) is 94.6 cm³/mol. The number of rotatable bonds is 2. The van der Waals surface area contributed by atoms with Gasteiger partial charge in [0.05, 0.1) is 25.1 Å². The maximum Gasteiger partial charge on any atom is 0.0809 e. The molecule has 0 saturated heterocycles. The lowest BCUT2D eigenvalue weighted by atomic mass is 10.0. The second-order valence-corrected chi connectivity index (χ2v) is 6.77. The Morgan fingerprint density at radius 2 is 1.25 bits per heavy atom. The fraction of sp³-hybridized carbons (Fsp3) is 0.0769. The van der Waals surface area contributed by atoms with Crippen LogP contribution in [0, 0.1) is 0 Å². The van der Waals surface area contributed by atoms with Crippen molar-refractivity contribution in [3.63, 3.8) is 0 Å². The Labute approximate surface area is 155 Å². The van der Waals surface area contributed by atoms with Crippen molar-refractivity contribution in [2.75, 3.05) is 0 Å². The molecule has 0 unspecified atom stereocenters. The number of hydrogen-bond donors (Lipinski definition) is 0. The van der Waals surface area contributed by atoms with Crippen molar-refractivity contribution in [1.29, 1.82) is 0 Å². The van der Waals surface area contributed by atoms with Gasteiger partial charge in [0, 0.05) is 15.9 Å². The van der Waals surface area contributed by atoms with Crippen LogP contribution in [-0.2, 0) is 5.33 Å². The molecule has 0 amide bonds. The van der Waals surface area contributed by atoms with Gasteiger partial charge in [-0.25, -0.2) is 0 Å². The Kier molecular flexibility index (Phi) is 5.81. The van der Waals surface area contributed by atoms with E-state index in [1.54, 1.807) is 6.07 Å². The Bertz CT molecular complexity index is 654. The zero-order valence-electron chi connectivity index (χ0n) is 9.58. The highest BCUT2D eigenvalue weighted by atomic mass is 79.9. The lowest BCUT2D eigenvalue weighted by Gasteiger charge is -2.15. The molecular formula is C13H5BrCl6. The first-order valence-corrected chi connectivity index (χ1v) is 8.63. The van der Waals surface area contributed by atoms with E-state index >= 15 is 0 Å². The second kappa shape index (κ2) is 6.83. The molecule has 0 saturated carbocycles. The zero-order chi connectivity index (χ0) is 15.0. The Morgan fingerprint density at radius 3 is 1.75 bits per heavy atom. The van der Waals surface area contributed by atoms with Gasteiger partial charge in [-0.05, 0) is 23.3 Å². The highest BCUT2D eigenvalue weighted by Crippen LogP contribution is 2.49. The molecule has 0 nitrogen and oxygen atoms in total. The van der Waals surface area contributed by atoms with E-state index < -0.39 is 0 Å². The van der Waals surface area contributed by atoms with Gasteiger partial charge in [-0.1, -0.05) is 91.6 Å². The van der Waals surface area contributed by atoms with Crippen LogP contribution in [0.25, 0.3) is 11.1 Å². The van der Waals surface area contributed by atoms with E-state index in [1.807, 2.05) is 12.1 Å². The van der Waals surface area contributed by atoms with E-state index in [4.69, 9.17) is 69.6 Å². The number of benzene rings is 2. The molecule has 2 aromatic carbocycles. The molecule has 20 heavy (non-hydrogen) atoms. The smallest absolute Gasteiger partial charge is 0.0809 e. The lowest BCUT2D eigenvalue weighted by molar-refractivity contribution is 1.43. The first kappa shape index (κ1) is 17.0. The molecule has 7 heteroatoms. The van der Waals surface area contributed by atoms with Gasteiger partial charge in [0.25, 0.3) is 0 Å². The first-order valence-electron chi connectivity index (χ1n) is 5.24. The molecule has 0 atom stereocenters. The topological polar surface area (TPSA) is 0 Å². The molecule has 2 aromatic rings. The predicted octanol–water partition coefficient (Wildman–Crippen LogP) is 8.17. The summed E-state index contributed by atoms with van der Waals surface area (Å²) < 4.78 is 0. The van der Waals surface area contributed by atoms with Gasteiger partial charge in [0.1, 0.15) is 0 Å². The Hall–Kier alpha value is 0.660. The number of alkyl halides is 1. The SMILES string of the molecule is Clc1ccc(-c2c(Cl)c(Cl)c(Cl)c(Cl)c2Cl)c(CBr)c1. The maximum atomic E-state index is 6.27. The van der Waals surface area contributed by atoms with Crippen LogP contribution < -0.4 is 0 Å². The fourth-order valence-corrected chi connectivity index (χ4v) is 3.76. The molecule has 0 aliphatic rings. The summed E-state index contributed by atoms with van der Waals surface area (Å²) in [6.07, 6.45) is 0. The van der Waals surface area contributed by atoms with Crippen LogP contribution in [0.3, 0.4) is 0 Å². The summed E-state index contributed by atoms with van der Waals surface area (Å²) in [5.74, 6) is 0. The molecule has 0 fully saturated rings. The third kappa shape index (κ3) is 3.05. The molecular weight excluding hydrogens is 449 g/mol. The van der Waals surface area contributed by atoms with Gasteiger partial charge in [0.15, 0.2) is 0 Å². The van der Waals surface area contributed by atoms with Crippen LogP contribution >= 0.6 is 85.5 Å². The van der Waals surface area contributed by atoms with Crippen LogP contribution in [0.15, 0.2) is 18.2 Å². The van der Waals surface area contributed by atoms with E-state index in [-0.39, 0.29) is 25.1 Å². The minimum Gasteiger partial charge on any atom is -0.0876 e. The molecule has 0 aromatic heterocycles. The van der Waals surface area contributed by atoms with E-state index in [0.29, 0.717) is 15.9 Å². The minimum atomic E-state index is 0.140. The highest BCUT2D eigenvalue weighted by Gasteiger charge is 2.21. The van der Waals surface area contributed by atoms with Crippen molar-refractivity contribution in [2.45, 2.75) is 5.33 Å². The number of halogens is 7. The largest absolute Gasteiger partial charge is 0.0876 e. The van der Waals surface area contributed by atoms with E-state index in [0.717, 1.165) is 11.1 Å². The lowest BCUT2D eigenvalue weighted by Crippen LogP contribution is -1.91. The van der Waals surface area contributed by atoms with Crippen molar-refractivity contribution >= 4 is 85.5 Å². The quantitative estimate of drug-likeness (QED) is 0.244. The van der Waals surface area contributed by atoms with Crippen LogP contribution in [0.4, 0.5) is 0 Å². The van der Waals surface area contributed by atoms with E-state index in [9.17, 15) is 0 Å². The third-order valence-electron chi connectivity index (χ3n) is 2.69. The highest BCUT2D eigenvalue weighted by molar-refractivity contribution is 9.08. The van der Waals surface area contributed by atoms with Crippen LogP contribution in [0.2, 0.25) is 30.1 Å². The van der Waals surface area contributed by atoms with Gasteiger partial charge >= 0.3 is 0 Å². The maximum absolute atomic E-state index is 6.27. The normalized spacial score (nSPS) is 10.9. The molecule has 2 rings (SSSR count). The summed E-state index contributed by atoms with van der Waals surface area (Å²) in [6.45, 7) is 0. The molecule has 0 aliphatic heterocycles. The van der Waals surface area contributed by atoms with Crippen molar-refractivity contribution in [3.05, 3.63) is 53.9 Å². The molecule has 0 bridgehead atoms. The molecule has 0 aliphatic carbocycles.